The molecule has 24 heavy (non-hydrogen) atoms. The van der Waals surface area contributed by atoms with Gasteiger partial charge in [-0.1, -0.05) is 15.9 Å². The highest BCUT2D eigenvalue weighted by atomic mass is 79.9. The van der Waals surface area contributed by atoms with Gasteiger partial charge in [-0.25, -0.2) is 5.43 Å². The quantitative estimate of drug-likeness (QED) is 0.608. The number of benzene rings is 2. The molecule has 2 aromatic rings. The van der Waals surface area contributed by atoms with Crippen LogP contribution in [0.5, 0.6) is 5.75 Å². The minimum atomic E-state index is -0.352. The van der Waals surface area contributed by atoms with Gasteiger partial charge in [0.05, 0.1) is 13.3 Å². The highest BCUT2D eigenvalue weighted by Crippen LogP contribution is 2.21. The summed E-state index contributed by atoms with van der Waals surface area (Å²) in [6.07, 6.45) is 1.51. The molecule has 0 fully saturated rings. The van der Waals surface area contributed by atoms with E-state index in [-0.39, 0.29) is 11.8 Å². The Labute approximate surface area is 148 Å². The summed E-state index contributed by atoms with van der Waals surface area (Å²) in [6, 6.07) is 12.0. The molecular weight excluding hydrogens is 374 g/mol. The van der Waals surface area contributed by atoms with Crippen molar-refractivity contribution in [3.8, 4) is 5.75 Å². The van der Waals surface area contributed by atoms with Crippen LogP contribution in [0.4, 0.5) is 5.69 Å². The average Bonchev–Trinajstić information content (AvgIpc) is 2.55. The number of amides is 2. The Morgan fingerprint density at radius 1 is 1.17 bits per heavy atom. The van der Waals surface area contributed by atoms with E-state index in [9.17, 15) is 9.59 Å². The number of carbonyl (C=O) groups is 2. The Balaban J connectivity index is 2.02. The smallest absolute Gasteiger partial charge is 0.271 e. The molecule has 2 aromatic carbocycles. The first kappa shape index (κ1) is 17.7. The van der Waals surface area contributed by atoms with Crippen LogP contribution in [0, 0.1) is 0 Å². The lowest BCUT2D eigenvalue weighted by molar-refractivity contribution is -0.114. The summed E-state index contributed by atoms with van der Waals surface area (Å²) in [4.78, 5) is 23.0. The summed E-state index contributed by atoms with van der Waals surface area (Å²) in [6.45, 7) is 1.42. The third kappa shape index (κ3) is 4.92. The van der Waals surface area contributed by atoms with Crippen LogP contribution in [0.1, 0.15) is 22.8 Å². The first-order chi connectivity index (χ1) is 11.5. The van der Waals surface area contributed by atoms with E-state index >= 15 is 0 Å². The average molecular weight is 390 g/mol. The number of hydrazone groups is 1. The Morgan fingerprint density at radius 3 is 2.50 bits per heavy atom. The van der Waals surface area contributed by atoms with Gasteiger partial charge in [-0.2, -0.15) is 5.10 Å². The lowest BCUT2D eigenvalue weighted by Gasteiger charge is -2.05. The SMILES string of the molecule is COc1ccc(Br)cc1C=NNC(=O)c1ccc(NC(C)=O)cc1. The zero-order valence-electron chi connectivity index (χ0n) is 13.2. The van der Waals surface area contributed by atoms with Gasteiger partial charge in [-0.3, -0.25) is 9.59 Å². The third-order valence-corrected chi connectivity index (χ3v) is 3.52. The predicted octanol–water partition coefficient (Wildman–Crippen LogP) is 3.18. The summed E-state index contributed by atoms with van der Waals surface area (Å²) in [7, 11) is 1.57. The van der Waals surface area contributed by atoms with Crippen LogP contribution in [0.3, 0.4) is 0 Å². The number of nitrogens with one attached hydrogen (secondary N) is 2. The molecule has 0 saturated heterocycles. The number of ether oxygens (including phenoxy) is 1. The maximum absolute atomic E-state index is 12.0. The molecule has 7 heteroatoms. The van der Waals surface area contributed by atoms with Crippen molar-refractivity contribution >= 4 is 39.6 Å². The first-order valence-corrected chi connectivity index (χ1v) is 7.83. The molecule has 0 saturated carbocycles. The maximum Gasteiger partial charge on any atom is 0.271 e. The molecular formula is C17H16BrN3O3. The van der Waals surface area contributed by atoms with Crippen molar-refractivity contribution < 1.29 is 14.3 Å². The minimum absolute atomic E-state index is 0.167. The van der Waals surface area contributed by atoms with Crippen LogP contribution < -0.4 is 15.5 Å². The van der Waals surface area contributed by atoms with Gasteiger partial charge in [0.15, 0.2) is 0 Å². The Kier molecular flexibility index (Phi) is 6.08. The molecule has 0 aliphatic rings. The molecule has 0 bridgehead atoms. The van der Waals surface area contributed by atoms with Crippen LogP contribution in [0.25, 0.3) is 0 Å². The molecule has 0 aliphatic heterocycles. The fraction of sp³-hybridized carbons (Fsp3) is 0.118. The standard InChI is InChI=1S/C17H16BrN3O3/c1-11(22)20-15-6-3-12(4-7-15)17(23)21-19-10-13-9-14(18)5-8-16(13)24-2/h3-10H,1-2H3,(H,20,22)(H,21,23). The number of hydrogen-bond acceptors (Lipinski definition) is 4. The van der Waals surface area contributed by atoms with Crippen LogP contribution in [0.15, 0.2) is 52.0 Å². The van der Waals surface area contributed by atoms with E-state index < -0.39 is 0 Å². The lowest BCUT2D eigenvalue weighted by Crippen LogP contribution is -2.17. The molecule has 0 aliphatic carbocycles. The van der Waals surface area contributed by atoms with Crippen LogP contribution in [-0.4, -0.2) is 25.1 Å². The number of halogens is 1. The van der Waals surface area contributed by atoms with Gasteiger partial charge < -0.3 is 10.1 Å². The first-order valence-electron chi connectivity index (χ1n) is 7.04. The summed E-state index contributed by atoms with van der Waals surface area (Å²) >= 11 is 3.37. The summed E-state index contributed by atoms with van der Waals surface area (Å²) in [5, 5.41) is 6.58. The normalized spacial score (nSPS) is 10.5. The number of carbonyl (C=O) groups excluding carboxylic acids is 2. The van der Waals surface area contributed by atoms with Crippen molar-refractivity contribution in [1.29, 1.82) is 0 Å². The van der Waals surface area contributed by atoms with E-state index in [1.54, 1.807) is 37.4 Å². The second kappa shape index (κ2) is 8.26. The highest BCUT2D eigenvalue weighted by molar-refractivity contribution is 9.10. The molecule has 0 spiro atoms. The number of anilines is 1. The molecule has 0 unspecified atom stereocenters. The van der Waals surface area contributed by atoms with Gasteiger partial charge in [0.25, 0.3) is 5.91 Å². The number of rotatable bonds is 5. The summed E-state index contributed by atoms with van der Waals surface area (Å²) in [5.41, 5.74) is 4.24. The predicted molar refractivity (Wildman–Crippen MR) is 96.5 cm³/mol. The van der Waals surface area contributed by atoms with E-state index in [0.29, 0.717) is 17.0 Å². The van der Waals surface area contributed by atoms with E-state index in [2.05, 4.69) is 31.8 Å². The zero-order valence-corrected chi connectivity index (χ0v) is 14.8. The van der Waals surface area contributed by atoms with Gasteiger partial charge in [0.1, 0.15) is 5.75 Å². The van der Waals surface area contributed by atoms with Crippen LogP contribution in [-0.2, 0) is 4.79 Å². The minimum Gasteiger partial charge on any atom is -0.496 e. The van der Waals surface area contributed by atoms with Crippen molar-refractivity contribution in [3.63, 3.8) is 0 Å². The molecule has 0 atom stereocenters. The van der Waals surface area contributed by atoms with Crippen LogP contribution in [0.2, 0.25) is 0 Å². The van der Waals surface area contributed by atoms with Crippen molar-refractivity contribution in [3.05, 3.63) is 58.1 Å². The van der Waals surface area contributed by atoms with Gasteiger partial charge in [0.2, 0.25) is 5.91 Å². The largest absolute Gasteiger partial charge is 0.496 e. The van der Waals surface area contributed by atoms with E-state index in [1.807, 2.05) is 12.1 Å². The third-order valence-electron chi connectivity index (χ3n) is 3.03. The van der Waals surface area contributed by atoms with Crippen molar-refractivity contribution in [1.82, 2.24) is 5.43 Å². The van der Waals surface area contributed by atoms with Gasteiger partial charge in [-0.15, -0.1) is 0 Å². The topological polar surface area (TPSA) is 79.8 Å². The summed E-state index contributed by atoms with van der Waals surface area (Å²) in [5.74, 6) is 0.130. The molecule has 124 valence electrons. The molecule has 2 N–H and O–H groups in total. The monoisotopic (exact) mass is 389 g/mol. The fourth-order valence-electron chi connectivity index (χ4n) is 1.94. The van der Waals surface area contributed by atoms with Crippen molar-refractivity contribution in [2.24, 2.45) is 5.10 Å². The Bertz CT molecular complexity index is 773. The number of hydrogen-bond donors (Lipinski definition) is 2. The highest BCUT2D eigenvalue weighted by Gasteiger charge is 2.05. The summed E-state index contributed by atoms with van der Waals surface area (Å²) < 4.78 is 6.11. The zero-order chi connectivity index (χ0) is 17.5. The van der Waals surface area contributed by atoms with E-state index in [1.165, 1.54) is 13.1 Å². The molecule has 0 heterocycles. The lowest BCUT2D eigenvalue weighted by atomic mass is 10.2. The molecule has 0 aromatic heterocycles. The van der Waals surface area contributed by atoms with Crippen LogP contribution >= 0.6 is 15.9 Å². The van der Waals surface area contributed by atoms with Gasteiger partial charge in [-0.05, 0) is 42.5 Å². The fourth-order valence-corrected chi connectivity index (χ4v) is 2.32. The maximum atomic E-state index is 12.0. The Hall–Kier alpha value is -2.67. The molecule has 6 nitrogen and oxygen atoms in total. The Morgan fingerprint density at radius 2 is 1.88 bits per heavy atom. The molecule has 2 rings (SSSR count). The van der Waals surface area contributed by atoms with Gasteiger partial charge >= 0.3 is 0 Å². The second-order valence-electron chi connectivity index (χ2n) is 4.84. The van der Waals surface area contributed by atoms with Gasteiger partial charge in [0, 0.05) is 28.2 Å². The number of nitrogens with zero attached hydrogens (tertiary/aromatic N) is 1. The van der Waals surface area contributed by atoms with Crippen molar-refractivity contribution in [2.75, 3.05) is 12.4 Å². The molecule has 0 radical (unpaired) electrons. The molecule has 2 amide bonds. The van der Waals surface area contributed by atoms with E-state index in [4.69, 9.17) is 4.74 Å². The number of methoxy groups -OCH3 is 1. The second-order valence-corrected chi connectivity index (χ2v) is 5.76. The van der Waals surface area contributed by atoms with E-state index in [0.717, 1.165) is 10.0 Å². The van der Waals surface area contributed by atoms with Crippen molar-refractivity contribution in [2.45, 2.75) is 6.92 Å².